The number of nitrogens with zero attached hydrogens (tertiary/aromatic N) is 5. The highest BCUT2D eigenvalue weighted by Gasteiger charge is 2.43. The number of carbonyl (C=O) groups is 5. The molecule has 0 spiro atoms. The number of nitrogens with one attached hydrogen (secondary N) is 6. The number of anilines is 1. The van der Waals surface area contributed by atoms with Gasteiger partial charge in [-0.1, -0.05) is 37.2 Å². The summed E-state index contributed by atoms with van der Waals surface area (Å²) < 4.78 is 54.5. The second kappa shape index (κ2) is 31.2. The van der Waals surface area contributed by atoms with Gasteiger partial charge >= 0.3 is 29.5 Å². The molecule has 29 nitrogen and oxygen atoms in total. The Morgan fingerprint density at radius 3 is 2.23 bits per heavy atom. The van der Waals surface area contributed by atoms with Crippen LogP contribution in [0.2, 0.25) is 0 Å². The molecule has 33 heteroatoms. The summed E-state index contributed by atoms with van der Waals surface area (Å²) in [6.07, 6.45) is 10.4. The maximum absolute atomic E-state index is 12.8. The Kier molecular flexibility index (Phi) is 24.2. The van der Waals surface area contributed by atoms with E-state index in [2.05, 4.69) is 72.6 Å². The van der Waals surface area contributed by atoms with Crippen LogP contribution in [-0.2, 0) is 52.4 Å². The van der Waals surface area contributed by atoms with E-state index in [1.54, 1.807) is 47.2 Å². The number of rotatable bonds is 32. The van der Waals surface area contributed by atoms with Crippen molar-refractivity contribution in [3.05, 3.63) is 71.7 Å². The van der Waals surface area contributed by atoms with Crippen LogP contribution in [0.25, 0.3) is 11.0 Å². The van der Waals surface area contributed by atoms with E-state index in [0.717, 1.165) is 43.4 Å². The predicted octanol–water partition coefficient (Wildman–Crippen LogP) is 5.67. The van der Waals surface area contributed by atoms with Gasteiger partial charge in [0.2, 0.25) is 17.7 Å². The zero-order valence-corrected chi connectivity index (χ0v) is 49.1. The first kappa shape index (κ1) is 65.2. The fourth-order valence-electron chi connectivity index (χ4n) is 9.39. The number of fused-ring (bicyclic) bond motifs is 2. The maximum Gasteiger partial charge on any atom is 0.490 e. The summed E-state index contributed by atoms with van der Waals surface area (Å²) in [5, 5.41) is 37.1. The van der Waals surface area contributed by atoms with Crippen LogP contribution in [0.15, 0.2) is 65.2 Å². The van der Waals surface area contributed by atoms with Crippen LogP contribution >= 0.6 is 35.2 Å². The topological polar surface area (TPSA) is 428 Å². The molecule has 5 heterocycles. The largest absolute Gasteiger partial charge is 0.506 e. The molecular weight excluding hydrogens is 1180 g/mol. The van der Waals surface area contributed by atoms with Crippen molar-refractivity contribution >= 4 is 93.1 Å². The molecule has 3 saturated heterocycles. The summed E-state index contributed by atoms with van der Waals surface area (Å²) in [7, 11) is -16.6. The summed E-state index contributed by atoms with van der Waals surface area (Å²) >= 11 is 1.88. The smallest absolute Gasteiger partial charge is 0.490 e. The number of unbranched alkanes of at least 4 members (excludes halogenated alkanes) is 5. The lowest BCUT2D eigenvalue weighted by atomic mass is 10.0. The number of ether oxygens (including phenoxy) is 1. The van der Waals surface area contributed by atoms with Gasteiger partial charge in [-0.15, -0.1) is 5.11 Å². The van der Waals surface area contributed by atoms with E-state index in [1.165, 1.54) is 12.4 Å². The van der Waals surface area contributed by atoms with Crippen molar-refractivity contribution in [1.82, 2.24) is 46.4 Å². The highest BCUT2D eigenvalue weighted by Crippen LogP contribution is 2.66. The Balaban J connectivity index is 0.720. The van der Waals surface area contributed by atoms with Gasteiger partial charge in [0.15, 0.2) is 0 Å². The first-order valence-electron chi connectivity index (χ1n) is 27.2. The van der Waals surface area contributed by atoms with Crippen LogP contribution in [0.3, 0.4) is 0 Å². The van der Waals surface area contributed by atoms with Crippen molar-refractivity contribution < 1.29 is 80.2 Å². The Hall–Kier alpha value is -6.31. The highest BCUT2D eigenvalue weighted by molar-refractivity contribution is 8.00. The molecule has 5 unspecified atom stereocenters. The molecule has 0 saturated carbocycles. The third-order valence-corrected chi connectivity index (χ3v) is 18.8. The molecule has 3 fully saturated rings. The number of carbonyl (C=O) groups excluding carboxylic acids is 5. The number of phosphoric acid groups is 3. The minimum atomic E-state index is -5.68. The first-order valence-corrected chi connectivity index (χ1v) is 32.8. The van der Waals surface area contributed by atoms with Crippen molar-refractivity contribution in [3.8, 4) is 17.6 Å². The summed E-state index contributed by atoms with van der Waals surface area (Å²) in [5.74, 6) is 6.30. The van der Waals surface area contributed by atoms with Crippen molar-refractivity contribution in [3.63, 3.8) is 0 Å². The zero-order chi connectivity index (χ0) is 60.3. The van der Waals surface area contributed by atoms with Gasteiger partial charge in [0.1, 0.15) is 35.5 Å². The quantitative estimate of drug-likeness (QED) is 0.00920. The minimum Gasteiger partial charge on any atom is -0.506 e. The number of thioether (sulfide) groups is 1. The van der Waals surface area contributed by atoms with E-state index < -0.39 is 42.4 Å². The first-order chi connectivity index (χ1) is 40.1. The average Bonchev–Trinajstić information content (AvgIpc) is 3.51. The van der Waals surface area contributed by atoms with Gasteiger partial charge in [0.05, 0.1) is 48.0 Å². The van der Waals surface area contributed by atoms with Crippen LogP contribution in [0.5, 0.6) is 5.75 Å². The van der Waals surface area contributed by atoms with Crippen LogP contribution in [-0.4, -0.2) is 131 Å². The number of aromatic hydroxyl groups is 1. The molecule has 0 radical (unpaired) electrons. The molecule has 13 N–H and O–H groups in total. The number of benzene rings is 2. The zero-order valence-electron chi connectivity index (χ0n) is 45.6. The van der Waals surface area contributed by atoms with Gasteiger partial charge in [-0.05, 0) is 99.7 Å². The van der Waals surface area contributed by atoms with E-state index in [4.69, 9.17) is 24.8 Å². The Bertz CT molecular complexity index is 3210. The third-order valence-electron chi connectivity index (χ3n) is 13.5. The molecule has 7 atom stereocenters. The molecule has 2 aromatic carbocycles. The molecule has 2 aromatic heterocycles. The van der Waals surface area contributed by atoms with E-state index in [0.29, 0.717) is 104 Å². The number of urea groups is 1. The van der Waals surface area contributed by atoms with Crippen molar-refractivity contribution in [1.29, 1.82) is 0 Å². The van der Waals surface area contributed by atoms with Gasteiger partial charge in [-0.2, -0.15) is 25.5 Å². The fourth-order valence-corrected chi connectivity index (χ4v) is 14.0. The number of nitrogen functional groups attached to an aromatic ring is 1. The van der Waals surface area contributed by atoms with Gasteiger partial charge in [0.25, 0.3) is 5.91 Å². The summed E-state index contributed by atoms with van der Waals surface area (Å²) in [6, 6.07) is 11.7. The van der Waals surface area contributed by atoms with Crippen molar-refractivity contribution in [2.75, 3.05) is 44.3 Å². The summed E-state index contributed by atoms with van der Waals surface area (Å²) in [5.41, 5.74) is 8.92. The number of hydrogen-bond donors (Lipinski definition) is 12. The average molecular weight is 1250 g/mol. The third kappa shape index (κ3) is 21.0. The molecule has 3 aliphatic heterocycles. The van der Waals surface area contributed by atoms with Gasteiger partial charge in [-0.25, -0.2) is 28.5 Å². The summed E-state index contributed by atoms with van der Waals surface area (Å²) in [4.78, 5) is 107. The second-order valence-corrected chi connectivity index (χ2v) is 25.6. The standard InChI is InChI=1S/C51H69N12O17P3S/c52-48-46-35(29-63(49(46)58-32-57-48)45-22-20-37(78-45)30-77-82(73,74)80-83(75,76)79-81(70,71)72)10-9-26-54-42(65)12-4-2-8-25-56-50(68)34-16-18-36(19-17-34)61-62-38-28-33(15-21-40(38)64)23-27-55-44(67)13-3-1-7-24-53-43(66)14-6-5-11-41-47-39(31-84-41)59-51(69)60-47/h15-19,21,28-29,32,37,39,41,45,47,64H,1-8,11-14,20,22-27,30-31H2,(H,53,66)(H,54,65)(H,55,67)(H,56,68)(H,73,74)(H,75,76)(H2,52,57,58)(H2,59,60,69)(H2,70,71,72)/b62-61-/t37-,39?,41?,45+,47?/m0/s1. The Labute approximate surface area is 487 Å². The molecule has 456 valence electrons. The van der Waals surface area contributed by atoms with E-state index in [-0.39, 0.29) is 78.4 Å². The van der Waals surface area contributed by atoms with Crippen LogP contribution < -0.4 is 37.6 Å². The lowest BCUT2D eigenvalue weighted by molar-refractivity contribution is -0.122. The molecule has 3 aliphatic rings. The number of phenols is 1. The molecule has 0 aliphatic carbocycles. The molecule has 6 amide bonds. The van der Waals surface area contributed by atoms with Crippen LogP contribution in [0.4, 0.5) is 22.0 Å². The lowest BCUT2D eigenvalue weighted by Gasteiger charge is -2.19. The number of azo groups is 1. The summed E-state index contributed by atoms with van der Waals surface area (Å²) in [6.45, 7) is 0.752. The van der Waals surface area contributed by atoms with Crippen molar-refractivity contribution in [2.24, 2.45) is 10.2 Å². The monoisotopic (exact) mass is 1250 g/mol. The Morgan fingerprint density at radius 1 is 0.810 bits per heavy atom. The van der Waals surface area contributed by atoms with Gasteiger partial charge in [0, 0.05) is 61.7 Å². The number of nitrogens with two attached hydrogens (primary N) is 1. The van der Waals surface area contributed by atoms with Crippen LogP contribution in [0, 0.1) is 11.8 Å². The number of phosphoric ester groups is 1. The molecule has 4 aromatic rings. The molecule has 84 heavy (non-hydrogen) atoms. The Morgan fingerprint density at radius 2 is 1.50 bits per heavy atom. The lowest BCUT2D eigenvalue weighted by Crippen LogP contribution is -2.36. The van der Waals surface area contributed by atoms with Crippen molar-refractivity contribution in [2.45, 2.75) is 126 Å². The van der Waals surface area contributed by atoms with Gasteiger partial charge in [-0.3, -0.25) is 23.7 Å². The molecular formula is C51H69N12O17P3S. The van der Waals surface area contributed by atoms with Gasteiger partial charge < -0.3 is 71.6 Å². The fraction of sp³-hybridized carbons (Fsp3) is 0.510. The predicted molar refractivity (Wildman–Crippen MR) is 306 cm³/mol. The number of amides is 6. The minimum absolute atomic E-state index is 0.0112. The second-order valence-electron chi connectivity index (χ2n) is 19.9. The van der Waals surface area contributed by atoms with E-state index in [1.807, 2.05) is 11.8 Å². The number of aromatic nitrogens is 3. The SMILES string of the molecule is Nc1ncnc2c1c(C#CCNC(=O)CCCCCNC(=O)c1ccc(/N=N\c3cc(CCNC(=O)CCCCCNC(=O)CCCCC4SCC5NC(=O)NC54)ccc3O)cc1)cn2[C@H]1CC[C@@H](COP(=O)(O)OP(=O)(O)OP(=O)(O)O)O1. The van der Waals surface area contributed by atoms with Crippen LogP contribution in [0.1, 0.15) is 118 Å². The number of phenolic OH excluding ortho intramolecular Hbond substituents is 1. The number of hydrogen-bond acceptors (Lipinski definition) is 19. The van der Waals surface area contributed by atoms with E-state index >= 15 is 0 Å². The normalized spacial score (nSPS) is 19.8. The molecule has 0 bridgehead atoms. The highest BCUT2D eigenvalue weighted by atomic mass is 32.2. The van der Waals surface area contributed by atoms with E-state index in [9.17, 15) is 52.6 Å². The maximum atomic E-state index is 12.8. The molecule has 7 rings (SSSR count).